The van der Waals surface area contributed by atoms with E-state index in [1.807, 2.05) is 43.4 Å². The number of ether oxygens (including phenoxy) is 2. The molecule has 4 nitrogen and oxygen atoms in total. The van der Waals surface area contributed by atoms with E-state index in [0.717, 1.165) is 34.4 Å². The Morgan fingerprint density at radius 1 is 0.962 bits per heavy atom. The maximum Gasteiger partial charge on any atom is 0.205 e. The summed E-state index contributed by atoms with van der Waals surface area (Å²) < 4.78 is 10.9. The molecule has 1 fully saturated rings. The number of fused-ring (bicyclic) bond motifs is 1. The molecular weight excluding hydrogens is 326 g/mol. The van der Waals surface area contributed by atoms with Crippen molar-refractivity contribution in [1.82, 2.24) is 4.90 Å². The van der Waals surface area contributed by atoms with E-state index in [-0.39, 0.29) is 0 Å². The highest BCUT2D eigenvalue weighted by molar-refractivity contribution is 5.88. The number of aliphatic hydroxyl groups is 1. The predicted octanol–water partition coefficient (Wildman–Crippen LogP) is 3.62. The van der Waals surface area contributed by atoms with Crippen LogP contribution >= 0.6 is 0 Å². The molecule has 0 saturated carbocycles. The van der Waals surface area contributed by atoms with E-state index in [4.69, 9.17) is 9.47 Å². The Morgan fingerprint density at radius 2 is 1.65 bits per heavy atom. The average molecular weight is 349 g/mol. The molecule has 134 valence electrons. The Hall–Kier alpha value is -2.40. The topological polar surface area (TPSA) is 41.9 Å². The number of hydrogen-bond donors (Lipinski definition) is 1. The molecule has 1 atom stereocenters. The van der Waals surface area contributed by atoms with Gasteiger partial charge in [-0.15, -0.1) is 0 Å². The number of rotatable bonds is 3. The summed E-state index contributed by atoms with van der Waals surface area (Å²) in [4.78, 5) is 2.08. The number of benzene rings is 3. The van der Waals surface area contributed by atoms with Crippen LogP contribution in [0, 0.1) is 0 Å². The molecule has 4 rings (SSSR count). The number of β-amino-alcohol motifs (C(OH)–C–C–N with tert-alkyl or cyclic N) is 1. The van der Waals surface area contributed by atoms with Crippen LogP contribution in [0.3, 0.4) is 0 Å². The van der Waals surface area contributed by atoms with Crippen LogP contribution in [0.2, 0.25) is 0 Å². The van der Waals surface area contributed by atoms with Gasteiger partial charge in [0.25, 0.3) is 0 Å². The lowest BCUT2D eigenvalue weighted by Crippen LogP contribution is -2.48. The minimum absolute atomic E-state index is 0.476. The summed E-state index contributed by atoms with van der Waals surface area (Å²) in [6.07, 6.45) is 0. The first-order valence-electron chi connectivity index (χ1n) is 8.81. The summed E-state index contributed by atoms with van der Waals surface area (Å²) in [6, 6.07) is 20.4. The van der Waals surface area contributed by atoms with Gasteiger partial charge in [-0.2, -0.15) is 0 Å². The van der Waals surface area contributed by atoms with Gasteiger partial charge < -0.3 is 14.6 Å². The summed E-state index contributed by atoms with van der Waals surface area (Å²) >= 11 is 0. The quantitative estimate of drug-likeness (QED) is 0.784. The second-order valence-electron chi connectivity index (χ2n) is 6.88. The minimum atomic E-state index is -1.23. The smallest absolute Gasteiger partial charge is 0.205 e. The molecule has 0 amide bonds. The first-order chi connectivity index (χ1) is 12.6. The number of methoxy groups -OCH3 is 1. The zero-order valence-electron chi connectivity index (χ0n) is 15.1. The molecule has 3 aromatic carbocycles. The molecule has 1 heterocycles. The van der Waals surface area contributed by atoms with Gasteiger partial charge in [-0.3, -0.25) is 4.90 Å². The molecule has 0 aromatic heterocycles. The van der Waals surface area contributed by atoms with Gasteiger partial charge in [0.2, 0.25) is 5.79 Å². The van der Waals surface area contributed by atoms with Gasteiger partial charge >= 0.3 is 0 Å². The SMILES string of the molecule is COc1ccc2cc(-c3ccc(C4(O)CN(C)CCO4)cc3)ccc2c1. The molecule has 0 radical (unpaired) electrons. The van der Waals surface area contributed by atoms with E-state index in [9.17, 15) is 5.11 Å². The Kier molecular flexibility index (Phi) is 4.41. The average Bonchev–Trinajstić information content (AvgIpc) is 2.67. The van der Waals surface area contributed by atoms with E-state index >= 15 is 0 Å². The van der Waals surface area contributed by atoms with E-state index < -0.39 is 5.79 Å². The maximum atomic E-state index is 10.8. The van der Waals surface area contributed by atoms with E-state index in [1.165, 1.54) is 5.39 Å². The van der Waals surface area contributed by atoms with Crippen LogP contribution in [-0.4, -0.2) is 43.9 Å². The summed E-state index contributed by atoms with van der Waals surface area (Å²) in [5.74, 6) is -0.369. The highest BCUT2D eigenvalue weighted by Gasteiger charge is 2.34. The fraction of sp³-hybridized carbons (Fsp3) is 0.273. The van der Waals surface area contributed by atoms with Crippen molar-refractivity contribution in [2.24, 2.45) is 0 Å². The summed E-state index contributed by atoms with van der Waals surface area (Å²) in [5, 5.41) is 13.1. The zero-order valence-corrected chi connectivity index (χ0v) is 15.1. The molecular formula is C22H23NO3. The molecule has 4 heteroatoms. The van der Waals surface area contributed by atoms with Crippen LogP contribution in [0.15, 0.2) is 60.7 Å². The van der Waals surface area contributed by atoms with Crippen molar-refractivity contribution in [1.29, 1.82) is 0 Å². The molecule has 0 spiro atoms. The lowest BCUT2D eigenvalue weighted by Gasteiger charge is -2.37. The van der Waals surface area contributed by atoms with Gasteiger partial charge in [-0.05, 0) is 47.1 Å². The maximum absolute atomic E-state index is 10.8. The molecule has 1 aliphatic rings. The minimum Gasteiger partial charge on any atom is -0.497 e. The van der Waals surface area contributed by atoms with Gasteiger partial charge in [0, 0.05) is 12.1 Å². The van der Waals surface area contributed by atoms with Gasteiger partial charge in [0.1, 0.15) is 5.75 Å². The van der Waals surface area contributed by atoms with Crippen molar-refractivity contribution >= 4 is 10.8 Å². The van der Waals surface area contributed by atoms with Crippen LogP contribution in [0.25, 0.3) is 21.9 Å². The second-order valence-corrected chi connectivity index (χ2v) is 6.88. The number of morpholine rings is 1. The van der Waals surface area contributed by atoms with Crippen LogP contribution in [0.4, 0.5) is 0 Å². The third kappa shape index (κ3) is 3.19. The lowest BCUT2D eigenvalue weighted by atomic mass is 9.97. The highest BCUT2D eigenvalue weighted by atomic mass is 16.6. The van der Waals surface area contributed by atoms with Gasteiger partial charge in [0.05, 0.1) is 20.3 Å². The third-order valence-corrected chi connectivity index (χ3v) is 5.01. The fourth-order valence-corrected chi connectivity index (χ4v) is 3.49. The van der Waals surface area contributed by atoms with Gasteiger partial charge in [0.15, 0.2) is 0 Å². The van der Waals surface area contributed by atoms with E-state index in [1.54, 1.807) is 7.11 Å². The molecule has 3 aromatic rings. The van der Waals surface area contributed by atoms with Crippen molar-refractivity contribution in [2.45, 2.75) is 5.79 Å². The first-order valence-corrected chi connectivity index (χ1v) is 8.81. The third-order valence-electron chi connectivity index (χ3n) is 5.01. The number of nitrogens with zero attached hydrogens (tertiary/aromatic N) is 1. The van der Waals surface area contributed by atoms with Crippen molar-refractivity contribution < 1.29 is 14.6 Å². The monoisotopic (exact) mass is 349 g/mol. The number of hydrogen-bond acceptors (Lipinski definition) is 4. The van der Waals surface area contributed by atoms with E-state index in [2.05, 4.69) is 29.2 Å². The van der Waals surface area contributed by atoms with Crippen molar-refractivity contribution in [3.63, 3.8) is 0 Å². The Bertz CT molecular complexity index is 922. The van der Waals surface area contributed by atoms with Crippen molar-refractivity contribution in [2.75, 3.05) is 33.9 Å². The highest BCUT2D eigenvalue weighted by Crippen LogP contribution is 2.31. The van der Waals surface area contributed by atoms with E-state index in [0.29, 0.717) is 13.2 Å². The number of likely N-dealkylation sites (N-methyl/N-ethyl adjacent to an activating group) is 1. The van der Waals surface area contributed by atoms with Crippen LogP contribution in [0.1, 0.15) is 5.56 Å². The zero-order chi connectivity index (χ0) is 18.1. The van der Waals surface area contributed by atoms with Crippen molar-refractivity contribution in [3.05, 3.63) is 66.2 Å². The second kappa shape index (κ2) is 6.72. The normalized spacial score (nSPS) is 21.0. The van der Waals surface area contributed by atoms with Crippen molar-refractivity contribution in [3.8, 4) is 16.9 Å². The molecule has 1 aliphatic heterocycles. The van der Waals surface area contributed by atoms with Gasteiger partial charge in [-0.1, -0.05) is 42.5 Å². The standard InChI is InChI=1S/C22H23NO3/c1-23-11-12-26-22(24,15-23)20-8-5-16(6-9-20)17-3-4-19-14-21(25-2)10-7-18(19)13-17/h3-10,13-14,24H,11-12,15H2,1-2H3. The fourth-order valence-electron chi connectivity index (χ4n) is 3.49. The van der Waals surface area contributed by atoms with Crippen LogP contribution in [-0.2, 0) is 10.5 Å². The Labute approximate surface area is 153 Å². The lowest BCUT2D eigenvalue weighted by molar-refractivity contribution is -0.245. The predicted molar refractivity (Wildman–Crippen MR) is 103 cm³/mol. The molecule has 0 aliphatic carbocycles. The molecule has 1 saturated heterocycles. The Morgan fingerprint density at radius 3 is 2.38 bits per heavy atom. The molecule has 1 unspecified atom stereocenters. The first kappa shape index (κ1) is 17.0. The summed E-state index contributed by atoms with van der Waals surface area (Å²) in [6.45, 7) is 1.84. The van der Waals surface area contributed by atoms with Crippen LogP contribution < -0.4 is 4.74 Å². The summed E-state index contributed by atoms with van der Waals surface area (Å²) in [7, 11) is 3.67. The Balaban J connectivity index is 1.63. The molecule has 0 bridgehead atoms. The largest absolute Gasteiger partial charge is 0.497 e. The van der Waals surface area contributed by atoms with Gasteiger partial charge in [-0.25, -0.2) is 0 Å². The molecule has 1 N–H and O–H groups in total. The summed E-state index contributed by atoms with van der Waals surface area (Å²) in [5.41, 5.74) is 3.04. The molecule has 26 heavy (non-hydrogen) atoms. The van der Waals surface area contributed by atoms with Crippen LogP contribution in [0.5, 0.6) is 5.75 Å².